The molecule has 4 aromatic rings. The smallest absolute Gasteiger partial charge is 0.270 e. The largest absolute Gasteiger partial charge is 0.349 e. The maximum Gasteiger partial charge on any atom is 0.349 e. The molecule has 0 amide bonds. The summed E-state index contributed by atoms with van der Waals surface area (Å²) in [5.41, 5.74) is 5.15. The maximum absolute atomic E-state index is 12.3. The lowest BCUT2D eigenvalue weighted by Crippen LogP contribution is -2.33. The first kappa shape index (κ1) is 24.5. The van der Waals surface area contributed by atoms with Crippen LogP contribution in [0.25, 0.3) is 5.69 Å². The molecule has 0 saturated carbocycles. The molecule has 0 aliphatic rings. The molecule has 0 unspecified atom stereocenters. The van der Waals surface area contributed by atoms with Crippen molar-refractivity contribution >= 4 is 23.4 Å². The molecule has 4 rings (SSSR count). The van der Waals surface area contributed by atoms with E-state index in [1.54, 1.807) is 30.0 Å². The molecule has 3 aromatic carbocycles. The molecule has 0 saturated heterocycles. The standard InChI is InChI=1S/C27H23ClN4O2S/c1-16-4-6-18(7-5-16)11-20-12-19(8-9-25(20)35-3)13-22-17(2)10-21(14-23(22)28)32-27(34)30-26(33)24(15-29)31-32/h4-10,12,14H,11,13H2,1-3H3,(H,30,33,34). The summed E-state index contributed by atoms with van der Waals surface area (Å²) in [4.78, 5) is 27.3. The predicted octanol–water partition coefficient (Wildman–Crippen LogP) is 4.97. The second kappa shape index (κ2) is 10.3. The van der Waals surface area contributed by atoms with Crippen LogP contribution in [0.3, 0.4) is 0 Å². The van der Waals surface area contributed by atoms with Crippen molar-refractivity contribution < 1.29 is 0 Å². The third-order valence-electron chi connectivity index (χ3n) is 5.82. The Labute approximate surface area is 212 Å². The first-order valence-electron chi connectivity index (χ1n) is 10.9. The van der Waals surface area contributed by atoms with Crippen molar-refractivity contribution in [2.75, 3.05) is 6.26 Å². The molecule has 1 heterocycles. The lowest BCUT2D eigenvalue weighted by molar-refractivity contribution is 0.739. The summed E-state index contributed by atoms with van der Waals surface area (Å²) in [5, 5.41) is 13.4. The maximum atomic E-state index is 12.3. The highest BCUT2D eigenvalue weighted by atomic mass is 35.5. The zero-order chi connectivity index (χ0) is 25.1. The van der Waals surface area contributed by atoms with Gasteiger partial charge in [-0.05, 0) is 79.0 Å². The van der Waals surface area contributed by atoms with Gasteiger partial charge in [0.1, 0.15) is 6.07 Å². The van der Waals surface area contributed by atoms with Crippen LogP contribution in [0, 0.1) is 25.2 Å². The van der Waals surface area contributed by atoms with Crippen LogP contribution in [0.15, 0.2) is 69.1 Å². The van der Waals surface area contributed by atoms with E-state index in [4.69, 9.17) is 16.9 Å². The number of thioether (sulfide) groups is 1. The van der Waals surface area contributed by atoms with E-state index in [-0.39, 0.29) is 0 Å². The minimum Gasteiger partial charge on any atom is -0.270 e. The first-order chi connectivity index (χ1) is 16.8. The van der Waals surface area contributed by atoms with E-state index in [0.717, 1.165) is 27.8 Å². The van der Waals surface area contributed by atoms with E-state index in [9.17, 15) is 9.59 Å². The molecule has 0 bridgehead atoms. The molecule has 0 spiro atoms. The third kappa shape index (κ3) is 5.40. The predicted molar refractivity (Wildman–Crippen MR) is 140 cm³/mol. The van der Waals surface area contributed by atoms with Gasteiger partial charge in [-0.25, -0.2) is 4.79 Å². The number of aromatic amines is 1. The van der Waals surface area contributed by atoms with E-state index in [1.165, 1.54) is 21.6 Å². The Kier molecular flexibility index (Phi) is 7.25. The first-order valence-corrected chi connectivity index (χ1v) is 12.5. The van der Waals surface area contributed by atoms with Gasteiger partial charge in [-0.2, -0.15) is 9.94 Å². The van der Waals surface area contributed by atoms with Crippen molar-refractivity contribution in [3.8, 4) is 11.8 Å². The third-order valence-corrected chi connectivity index (χ3v) is 7.00. The van der Waals surface area contributed by atoms with Gasteiger partial charge in [0.25, 0.3) is 5.56 Å². The van der Waals surface area contributed by atoms with E-state index in [1.807, 2.05) is 6.92 Å². The van der Waals surface area contributed by atoms with Gasteiger partial charge in [0.15, 0.2) is 0 Å². The summed E-state index contributed by atoms with van der Waals surface area (Å²) >= 11 is 8.38. The Bertz CT molecular complexity index is 1540. The molecular formula is C27H23ClN4O2S. The van der Waals surface area contributed by atoms with Crippen molar-refractivity contribution in [1.29, 1.82) is 5.26 Å². The molecule has 0 radical (unpaired) electrons. The number of nitrogens with zero attached hydrogens (tertiary/aromatic N) is 3. The van der Waals surface area contributed by atoms with E-state index in [2.05, 4.69) is 65.7 Å². The zero-order valence-electron chi connectivity index (χ0n) is 19.6. The van der Waals surface area contributed by atoms with Gasteiger partial charge in [-0.1, -0.05) is 53.6 Å². The average molecular weight is 503 g/mol. The molecule has 0 fully saturated rings. The lowest BCUT2D eigenvalue weighted by Gasteiger charge is -2.14. The van der Waals surface area contributed by atoms with Crippen molar-refractivity contribution in [1.82, 2.24) is 14.8 Å². The second-order valence-electron chi connectivity index (χ2n) is 8.34. The van der Waals surface area contributed by atoms with Crippen LogP contribution < -0.4 is 11.2 Å². The van der Waals surface area contributed by atoms with Crippen LogP contribution in [0.5, 0.6) is 0 Å². The number of halogens is 1. The number of aryl methyl sites for hydroxylation is 2. The minimum atomic E-state index is -0.816. The second-order valence-corrected chi connectivity index (χ2v) is 9.60. The summed E-state index contributed by atoms with van der Waals surface area (Å²) in [6.07, 6.45) is 3.55. The van der Waals surface area contributed by atoms with Crippen LogP contribution in [0.4, 0.5) is 0 Å². The molecular weight excluding hydrogens is 480 g/mol. The number of nitriles is 1. The van der Waals surface area contributed by atoms with Crippen molar-refractivity contribution in [3.63, 3.8) is 0 Å². The number of aromatic nitrogens is 3. The topological polar surface area (TPSA) is 91.5 Å². The van der Waals surface area contributed by atoms with Gasteiger partial charge in [0.05, 0.1) is 5.69 Å². The van der Waals surface area contributed by atoms with Crippen LogP contribution in [0.2, 0.25) is 5.02 Å². The van der Waals surface area contributed by atoms with E-state index in [0.29, 0.717) is 17.1 Å². The molecule has 8 heteroatoms. The summed E-state index contributed by atoms with van der Waals surface area (Å²) in [5.74, 6) is 0. The molecule has 6 nitrogen and oxygen atoms in total. The van der Waals surface area contributed by atoms with Gasteiger partial charge < -0.3 is 0 Å². The highest BCUT2D eigenvalue weighted by Gasteiger charge is 2.14. The Morgan fingerprint density at radius 2 is 1.74 bits per heavy atom. The van der Waals surface area contributed by atoms with Gasteiger partial charge in [0, 0.05) is 9.92 Å². The van der Waals surface area contributed by atoms with Crippen molar-refractivity contribution in [2.24, 2.45) is 0 Å². The number of nitrogens with one attached hydrogen (secondary N) is 1. The summed E-state index contributed by atoms with van der Waals surface area (Å²) in [6, 6.07) is 20.2. The van der Waals surface area contributed by atoms with Gasteiger partial charge in [-0.15, -0.1) is 16.9 Å². The summed E-state index contributed by atoms with van der Waals surface area (Å²) in [7, 11) is 0. The Morgan fingerprint density at radius 3 is 2.40 bits per heavy atom. The van der Waals surface area contributed by atoms with Crippen LogP contribution in [0.1, 0.15) is 39.1 Å². The van der Waals surface area contributed by atoms with Gasteiger partial charge >= 0.3 is 5.69 Å². The minimum absolute atomic E-state index is 0.381. The summed E-state index contributed by atoms with van der Waals surface area (Å²) in [6.45, 7) is 4.00. The quantitative estimate of drug-likeness (QED) is 0.376. The fraction of sp³-hybridized carbons (Fsp3) is 0.185. The lowest BCUT2D eigenvalue weighted by atomic mass is 9.96. The number of benzene rings is 3. The monoisotopic (exact) mass is 502 g/mol. The van der Waals surface area contributed by atoms with Crippen LogP contribution >= 0.6 is 23.4 Å². The number of H-pyrrole nitrogens is 1. The Morgan fingerprint density at radius 1 is 1.03 bits per heavy atom. The Balaban J connectivity index is 1.67. The van der Waals surface area contributed by atoms with Gasteiger partial charge in [0.2, 0.25) is 5.69 Å². The van der Waals surface area contributed by atoms with Crippen molar-refractivity contribution in [3.05, 3.63) is 120 Å². The fourth-order valence-corrected chi connectivity index (χ4v) is 4.89. The fourth-order valence-electron chi connectivity index (χ4n) is 3.96. The molecule has 1 aromatic heterocycles. The van der Waals surface area contributed by atoms with E-state index >= 15 is 0 Å². The molecule has 0 atom stereocenters. The average Bonchev–Trinajstić information content (AvgIpc) is 2.83. The molecule has 0 aliphatic carbocycles. The molecule has 176 valence electrons. The number of hydrogen-bond acceptors (Lipinski definition) is 5. The molecule has 0 aliphatic heterocycles. The number of rotatable bonds is 6. The number of hydrogen-bond donors (Lipinski definition) is 1. The highest BCUT2D eigenvalue weighted by Crippen LogP contribution is 2.29. The van der Waals surface area contributed by atoms with Crippen LogP contribution in [-0.4, -0.2) is 21.0 Å². The summed E-state index contributed by atoms with van der Waals surface area (Å²) < 4.78 is 0.982. The van der Waals surface area contributed by atoms with Crippen molar-refractivity contribution in [2.45, 2.75) is 31.6 Å². The zero-order valence-corrected chi connectivity index (χ0v) is 21.1. The Hall–Kier alpha value is -3.60. The van der Waals surface area contributed by atoms with Crippen LogP contribution in [-0.2, 0) is 12.8 Å². The van der Waals surface area contributed by atoms with E-state index < -0.39 is 16.9 Å². The molecule has 35 heavy (non-hydrogen) atoms. The normalized spacial score (nSPS) is 10.8. The highest BCUT2D eigenvalue weighted by molar-refractivity contribution is 7.98. The van der Waals surface area contributed by atoms with Gasteiger partial charge in [-0.3, -0.25) is 9.78 Å². The molecule has 1 N–H and O–H groups in total. The SMILES string of the molecule is CSc1ccc(Cc2c(C)cc(-n3nc(C#N)c(=O)[nH]c3=O)cc2Cl)cc1Cc1ccc(C)cc1.